The molecule has 0 spiro atoms. The van der Waals surface area contributed by atoms with Gasteiger partial charge in [0.2, 0.25) is 0 Å². The molecule has 1 N–H and O–H groups in total. The molecule has 140 valence electrons. The Labute approximate surface area is 176 Å². The molecule has 1 heterocycles. The summed E-state index contributed by atoms with van der Waals surface area (Å²) in [6, 6.07) is 11.1. The van der Waals surface area contributed by atoms with E-state index in [1.165, 1.54) is 4.90 Å². The highest BCUT2D eigenvalue weighted by Crippen LogP contribution is 2.38. The minimum atomic E-state index is -0.184. The fourth-order valence-corrected chi connectivity index (χ4v) is 3.52. The number of ether oxygens (including phenoxy) is 2. The first kappa shape index (κ1) is 19.7. The lowest BCUT2D eigenvalue weighted by Gasteiger charge is -2.14. The van der Waals surface area contributed by atoms with E-state index in [0.29, 0.717) is 38.4 Å². The number of methoxy groups -OCH3 is 1. The van der Waals surface area contributed by atoms with Crippen LogP contribution in [0.4, 0.5) is 0 Å². The number of hydrogen-bond acceptors (Lipinski definition) is 4. The highest BCUT2D eigenvalue weighted by atomic mass is 79.9. The third-order valence-corrected chi connectivity index (χ3v) is 5.12. The summed E-state index contributed by atoms with van der Waals surface area (Å²) in [4.78, 5) is 13.5. The first-order valence-corrected chi connectivity index (χ1v) is 9.52. The molecule has 1 saturated heterocycles. The normalized spacial score (nSPS) is 15.3. The molecule has 0 unspecified atom stereocenters. The summed E-state index contributed by atoms with van der Waals surface area (Å²) in [7, 11) is 3.19. The molecule has 1 aliphatic rings. The fourth-order valence-electron chi connectivity index (χ4n) is 2.54. The van der Waals surface area contributed by atoms with Gasteiger partial charge in [-0.15, -0.1) is 0 Å². The van der Waals surface area contributed by atoms with Crippen molar-refractivity contribution in [3.8, 4) is 11.5 Å². The maximum absolute atomic E-state index is 12.1. The molecule has 8 heteroatoms. The van der Waals surface area contributed by atoms with Gasteiger partial charge in [0.25, 0.3) is 5.91 Å². The quantitative estimate of drug-likeness (QED) is 0.522. The second-order valence-corrected chi connectivity index (χ2v) is 7.48. The lowest BCUT2D eigenvalue weighted by Crippen LogP contribution is -2.25. The van der Waals surface area contributed by atoms with Crippen molar-refractivity contribution in [3.05, 3.63) is 62.7 Å². The van der Waals surface area contributed by atoms with Crippen LogP contribution in [0.1, 0.15) is 11.1 Å². The first-order valence-electron chi connectivity index (χ1n) is 7.94. The number of carbonyl (C=O) groups is 1. The van der Waals surface area contributed by atoms with Gasteiger partial charge in [-0.2, -0.15) is 0 Å². The zero-order valence-electron chi connectivity index (χ0n) is 14.6. The number of nitrogens with one attached hydrogen (secondary N) is 1. The van der Waals surface area contributed by atoms with Gasteiger partial charge in [-0.1, -0.05) is 23.7 Å². The molecular formula is C19H16BrClN2O3S. The van der Waals surface area contributed by atoms with Crippen LogP contribution in [0, 0.1) is 0 Å². The maximum atomic E-state index is 12.1. The third-order valence-electron chi connectivity index (χ3n) is 3.92. The number of benzene rings is 2. The molecule has 3 rings (SSSR count). The monoisotopic (exact) mass is 466 g/mol. The van der Waals surface area contributed by atoms with Gasteiger partial charge in [0.15, 0.2) is 16.6 Å². The second-order valence-electron chi connectivity index (χ2n) is 5.81. The van der Waals surface area contributed by atoms with Crippen molar-refractivity contribution in [1.82, 2.24) is 10.2 Å². The highest BCUT2D eigenvalue weighted by molar-refractivity contribution is 9.10. The van der Waals surface area contributed by atoms with Gasteiger partial charge in [-0.05, 0) is 69.6 Å². The minimum Gasteiger partial charge on any atom is -0.493 e. The minimum absolute atomic E-state index is 0.184. The van der Waals surface area contributed by atoms with Crippen LogP contribution >= 0.6 is 39.7 Å². The molecule has 1 amide bonds. The molecule has 2 aromatic carbocycles. The Kier molecular flexibility index (Phi) is 6.04. The van der Waals surface area contributed by atoms with E-state index in [-0.39, 0.29) is 5.91 Å². The standard InChI is InChI=1S/C19H16BrClN2O3S/c1-23-18(24)15(22-19(23)27)8-12-7-14(20)17(16(9-12)25-2)26-10-11-4-3-5-13(21)6-11/h3-9H,10H2,1-2H3,(H,22,27). The van der Waals surface area contributed by atoms with Crippen molar-refractivity contribution in [1.29, 1.82) is 0 Å². The molecule has 0 aliphatic carbocycles. The molecule has 5 nitrogen and oxygen atoms in total. The average Bonchev–Trinajstić information content (AvgIpc) is 2.87. The van der Waals surface area contributed by atoms with Crippen molar-refractivity contribution in [3.63, 3.8) is 0 Å². The Morgan fingerprint density at radius 2 is 2.11 bits per heavy atom. The van der Waals surface area contributed by atoms with Gasteiger partial charge in [-0.25, -0.2) is 0 Å². The Morgan fingerprint density at radius 3 is 2.74 bits per heavy atom. The van der Waals surface area contributed by atoms with Gasteiger partial charge < -0.3 is 14.8 Å². The zero-order valence-corrected chi connectivity index (χ0v) is 17.7. The van der Waals surface area contributed by atoms with Crippen LogP contribution in [0.5, 0.6) is 11.5 Å². The van der Waals surface area contributed by atoms with Crippen LogP contribution in [-0.2, 0) is 11.4 Å². The maximum Gasteiger partial charge on any atom is 0.276 e. The Hall–Kier alpha value is -2.09. The summed E-state index contributed by atoms with van der Waals surface area (Å²) in [6.45, 7) is 0.342. The summed E-state index contributed by atoms with van der Waals surface area (Å²) in [5.74, 6) is 0.925. The Morgan fingerprint density at radius 1 is 1.33 bits per heavy atom. The van der Waals surface area contributed by atoms with E-state index < -0.39 is 0 Å². The lowest BCUT2D eigenvalue weighted by atomic mass is 10.1. The Bertz CT molecular complexity index is 949. The number of halogens is 2. The van der Waals surface area contributed by atoms with Crippen LogP contribution in [0.3, 0.4) is 0 Å². The van der Waals surface area contributed by atoms with E-state index in [4.69, 9.17) is 33.3 Å². The van der Waals surface area contributed by atoms with Crippen molar-refractivity contribution in [2.45, 2.75) is 6.61 Å². The SMILES string of the molecule is COc1cc(C=C2NC(=S)N(C)C2=O)cc(Br)c1OCc1cccc(Cl)c1. The van der Waals surface area contributed by atoms with Crippen LogP contribution in [0.25, 0.3) is 6.08 Å². The molecule has 1 fully saturated rings. The van der Waals surface area contributed by atoms with Gasteiger partial charge >= 0.3 is 0 Å². The Balaban J connectivity index is 1.85. The average molecular weight is 468 g/mol. The van der Waals surface area contributed by atoms with Crippen LogP contribution < -0.4 is 14.8 Å². The third kappa shape index (κ3) is 4.43. The predicted octanol–water partition coefficient (Wildman–Crippen LogP) is 4.38. The number of rotatable bonds is 5. The number of thiocarbonyl (C=S) groups is 1. The second kappa shape index (κ2) is 8.29. The molecule has 2 aromatic rings. The molecular weight excluding hydrogens is 452 g/mol. The number of nitrogens with zero attached hydrogens (tertiary/aromatic N) is 1. The van der Waals surface area contributed by atoms with Gasteiger partial charge in [0.1, 0.15) is 12.3 Å². The van der Waals surface area contributed by atoms with Crippen LogP contribution in [0.15, 0.2) is 46.6 Å². The molecule has 0 atom stereocenters. The van der Waals surface area contributed by atoms with Crippen LogP contribution in [-0.4, -0.2) is 30.1 Å². The molecule has 0 bridgehead atoms. The van der Waals surface area contributed by atoms with E-state index >= 15 is 0 Å². The van der Waals surface area contributed by atoms with Crippen molar-refractivity contribution in [2.24, 2.45) is 0 Å². The van der Waals surface area contributed by atoms with Gasteiger partial charge in [-0.3, -0.25) is 9.69 Å². The first-order chi connectivity index (χ1) is 12.9. The predicted molar refractivity (Wildman–Crippen MR) is 113 cm³/mol. The molecule has 27 heavy (non-hydrogen) atoms. The van der Waals surface area contributed by atoms with E-state index in [0.717, 1.165) is 11.1 Å². The molecule has 0 saturated carbocycles. The van der Waals surface area contributed by atoms with E-state index in [9.17, 15) is 4.79 Å². The van der Waals surface area contributed by atoms with E-state index in [1.54, 1.807) is 26.3 Å². The van der Waals surface area contributed by atoms with Crippen LogP contribution in [0.2, 0.25) is 5.02 Å². The summed E-state index contributed by atoms with van der Waals surface area (Å²) in [6.07, 6.45) is 1.71. The molecule has 0 aromatic heterocycles. The number of hydrogen-bond donors (Lipinski definition) is 1. The van der Waals surface area contributed by atoms with Gasteiger partial charge in [0, 0.05) is 12.1 Å². The number of carbonyl (C=O) groups excluding carboxylic acids is 1. The number of likely N-dealkylation sites (N-methyl/N-ethyl adjacent to an activating group) is 1. The number of amides is 1. The van der Waals surface area contributed by atoms with E-state index in [2.05, 4.69) is 21.2 Å². The van der Waals surface area contributed by atoms with Crippen molar-refractivity contribution < 1.29 is 14.3 Å². The summed E-state index contributed by atoms with van der Waals surface area (Å²) in [5.41, 5.74) is 2.12. The van der Waals surface area contributed by atoms with Crippen molar-refractivity contribution >= 4 is 56.8 Å². The highest BCUT2D eigenvalue weighted by Gasteiger charge is 2.27. The van der Waals surface area contributed by atoms with E-state index in [1.807, 2.05) is 30.3 Å². The summed E-state index contributed by atoms with van der Waals surface area (Å²) < 4.78 is 12.1. The van der Waals surface area contributed by atoms with Gasteiger partial charge in [0.05, 0.1) is 11.6 Å². The molecule has 1 aliphatic heterocycles. The fraction of sp³-hybridized carbons (Fsp3) is 0.158. The molecule has 0 radical (unpaired) electrons. The largest absolute Gasteiger partial charge is 0.493 e. The van der Waals surface area contributed by atoms with Crippen molar-refractivity contribution in [2.75, 3.05) is 14.2 Å². The smallest absolute Gasteiger partial charge is 0.276 e. The summed E-state index contributed by atoms with van der Waals surface area (Å²) in [5, 5.41) is 3.92. The lowest BCUT2D eigenvalue weighted by molar-refractivity contribution is -0.121. The topological polar surface area (TPSA) is 50.8 Å². The summed E-state index contributed by atoms with van der Waals surface area (Å²) >= 11 is 14.6. The zero-order chi connectivity index (χ0) is 19.6.